The first-order chi connectivity index (χ1) is 10.8. The van der Waals surface area contributed by atoms with Crippen molar-refractivity contribution in [3.8, 4) is 0 Å². The molecule has 5 rings (SSSR count). The summed E-state index contributed by atoms with van der Waals surface area (Å²) in [7, 11) is 0. The molecule has 1 aromatic heterocycles. The van der Waals surface area contributed by atoms with E-state index in [4.69, 9.17) is 0 Å². The van der Waals surface area contributed by atoms with Crippen LogP contribution >= 0.6 is 0 Å². The van der Waals surface area contributed by atoms with Gasteiger partial charge in [0.1, 0.15) is 12.1 Å². The molecule has 3 saturated heterocycles. The largest absolute Gasteiger partial charge is 0.382 e. The molecular formula is C19H23N2O+. The molecule has 3 fully saturated rings. The lowest BCUT2D eigenvalue weighted by Crippen LogP contribution is -3.20. The number of fused-ring (bicyclic) bond motifs is 4. The van der Waals surface area contributed by atoms with Gasteiger partial charge in [0.25, 0.3) is 0 Å². The van der Waals surface area contributed by atoms with Crippen LogP contribution in [0, 0.1) is 11.8 Å². The van der Waals surface area contributed by atoms with Gasteiger partial charge in [-0.25, -0.2) is 0 Å². The molecule has 3 heteroatoms. The number of aromatic nitrogens is 1. The Hall–Kier alpha value is -1.71. The smallest absolute Gasteiger partial charge is 0.131 e. The van der Waals surface area contributed by atoms with Crippen LogP contribution in [0.25, 0.3) is 10.9 Å². The number of piperidine rings is 3. The second-order valence-corrected chi connectivity index (χ2v) is 6.77. The number of rotatable bonds is 3. The van der Waals surface area contributed by atoms with E-state index in [1.165, 1.54) is 13.0 Å². The number of pyridine rings is 1. The summed E-state index contributed by atoms with van der Waals surface area (Å²) in [6.45, 7) is 6.29. The van der Waals surface area contributed by atoms with Crippen LogP contribution in [0.2, 0.25) is 0 Å². The van der Waals surface area contributed by atoms with Gasteiger partial charge in [0, 0.05) is 30.3 Å². The fourth-order valence-electron chi connectivity index (χ4n) is 4.50. The Labute approximate surface area is 131 Å². The number of hydrogen-bond acceptors (Lipinski definition) is 2. The van der Waals surface area contributed by atoms with E-state index in [0.717, 1.165) is 29.4 Å². The predicted molar refractivity (Wildman–Crippen MR) is 87.6 cm³/mol. The van der Waals surface area contributed by atoms with Crippen molar-refractivity contribution in [3.63, 3.8) is 0 Å². The first-order valence-corrected chi connectivity index (χ1v) is 8.27. The van der Waals surface area contributed by atoms with Gasteiger partial charge in [-0.3, -0.25) is 4.98 Å². The maximum absolute atomic E-state index is 11.0. The average molecular weight is 295 g/mol. The SMILES string of the molecule is C=C[C@H]1C[NH+]2CC[C@@H]1C[C@H]2[C@H](O)c1ccnc2ccccc12. The highest BCUT2D eigenvalue weighted by Gasteiger charge is 2.45. The standard InChI is InChI=1S/C19H22N2O/c1-2-13-12-21-10-8-14(13)11-18(21)19(22)16-7-9-20-17-6-4-3-5-15(16)17/h2-7,9,13-14,18-19,22H,1,8,10-12H2/p+1/t13-,14+,18-,19+/m0/s1. The average Bonchev–Trinajstić information content (AvgIpc) is 2.60. The van der Waals surface area contributed by atoms with E-state index >= 15 is 0 Å². The highest BCUT2D eigenvalue weighted by Crippen LogP contribution is 2.33. The molecule has 1 aromatic carbocycles. The third-order valence-electron chi connectivity index (χ3n) is 5.71. The molecule has 2 bridgehead atoms. The zero-order chi connectivity index (χ0) is 15.1. The Balaban J connectivity index is 1.67. The zero-order valence-electron chi connectivity index (χ0n) is 12.8. The summed E-state index contributed by atoms with van der Waals surface area (Å²) >= 11 is 0. The van der Waals surface area contributed by atoms with Crippen LogP contribution in [0.1, 0.15) is 24.5 Å². The Morgan fingerprint density at radius 3 is 2.95 bits per heavy atom. The lowest BCUT2D eigenvalue weighted by molar-refractivity contribution is -0.949. The molecular weight excluding hydrogens is 272 g/mol. The Morgan fingerprint density at radius 2 is 2.18 bits per heavy atom. The molecule has 1 unspecified atom stereocenters. The first-order valence-electron chi connectivity index (χ1n) is 8.27. The molecule has 3 nitrogen and oxygen atoms in total. The molecule has 3 aliphatic heterocycles. The van der Waals surface area contributed by atoms with Crippen molar-refractivity contribution < 1.29 is 10.0 Å². The van der Waals surface area contributed by atoms with Gasteiger partial charge in [-0.05, 0) is 23.6 Å². The summed E-state index contributed by atoms with van der Waals surface area (Å²) in [6, 6.07) is 10.4. The second-order valence-electron chi connectivity index (χ2n) is 6.77. The monoisotopic (exact) mass is 295 g/mol. The summed E-state index contributed by atoms with van der Waals surface area (Å²) in [6.07, 6.45) is 5.90. The van der Waals surface area contributed by atoms with E-state index < -0.39 is 6.10 Å². The van der Waals surface area contributed by atoms with E-state index in [1.807, 2.05) is 30.5 Å². The number of aliphatic hydroxyl groups is 1. The van der Waals surface area contributed by atoms with Crippen molar-refractivity contribution in [1.29, 1.82) is 0 Å². The maximum atomic E-state index is 11.0. The number of benzene rings is 1. The molecule has 0 spiro atoms. The Morgan fingerprint density at radius 1 is 1.32 bits per heavy atom. The number of nitrogens with zero attached hydrogens (tertiary/aromatic N) is 1. The van der Waals surface area contributed by atoms with Crippen LogP contribution in [0.3, 0.4) is 0 Å². The number of aliphatic hydroxyl groups excluding tert-OH is 1. The molecule has 22 heavy (non-hydrogen) atoms. The van der Waals surface area contributed by atoms with Crippen molar-refractivity contribution in [2.45, 2.75) is 25.0 Å². The number of para-hydroxylation sites is 1. The van der Waals surface area contributed by atoms with E-state index in [1.54, 1.807) is 4.90 Å². The number of nitrogens with one attached hydrogen (secondary N) is 1. The Bertz CT molecular complexity index is 693. The Kier molecular flexibility index (Phi) is 3.47. The van der Waals surface area contributed by atoms with Crippen molar-refractivity contribution in [2.75, 3.05) is 13.1 Å². The van der Waals surface area contributed by atoms with Gasteiger partial charge in [-0.15, -0.1) is 6.58 Å². The minimum atomic E-state index is -0.406. The summed E-state index contributed by atoms with van der Waals surface area (Å²) in [4.78, 5) is 5.95. The maximum Gasteiger partial charge on any atom is 0.131 e. The summed E-state index contributed by atoms with van der Waals surface area (Å²) < 4.78 is 0. The minimum Gasteiger partial charge on any atom is -0.382 e. The molecule has 3 aliphatic rings. The highest BCUT2D eigenvalue weighted by molar-refractivity contribution is 5.82. The normalized spacial score (nSPS) is 32.0. The van der Waals surface area contributed by atoms with Gasteiger partial charge in [-0.2, -0.15) is 0 Å². The lowest BCUT2D eigenvalue weighted by Gasteiger charge is -2.47. The fraction of sp³-hybridized carbons (Fsp3) is 0.421. The fourth-order valence-corrected chi connectivity index (χ4v) is 4.50. The molecule has 2 aromatic rings. The van der Waals surface area contributed by atoms with E-state index in [0.29, 0.717) is 17.9 Å². The van der Waals surface area contributed by atoms with Gasteiger partial charge < -0.3 is 10.0 Å². The third-order valence-corrected chi connectivity index (χ3v) is 5.71. The van der Waals surface area contributed by atoms with Crippen molar-refractivity contribution in [2.24, 2.45) is 11.8 Å². The van der Waals surface area contributed by atoms with Gasteiger partial charge in [0.15, 0.2) is 0 Å². The van der Waals surface area contributed by atoms with Gasteiger partial charge in [0.2, 0.25) is 0 Å². The van der Waals surface area contributed by atoms with E-state index in [9.17, 15) is 5.11 Å². The summed E-state index contributed by atoms with van der Waals surface area (Å²) in [5.74, 6) is 1.32. The van der Waals surface area contributed by atoms with E-state index in [2.05, 4.69) is 23.7 Å². The molecule has 0 saturated carbocycles. The van der Waals surface area contributed by atoms with Gasteiger partial charge >= 0.3 is 0 Å². The zero-order valence-corrected chi connectivity index (χ0v) is 12.8. The van der Waals surface area contributed by atoms with Crippen LogP contribution in [-0.2, 0) is 0 Å². The molecule has 5 atom stereocenters. The summed E-state index contributed by atoms with van der Waals surface area (Å²) in [5, 5.41) is 12.1. The molecule has 0 amide bonds. The van der Waals surface area contributed by atoms with Gasteiger partial charge in [0.05, 0.1) is 18.6 Å². The highest BCUT2D eigenvalue weighted by atomic mass is 16.3. The quantitative estimate of drug-likeness (QED) is 0.847. The molecule has 0 radical (unpaired) electrons. The number of hydrogen-bond donors (Lipinski definition) is 2. The summed E-state index contributed by atoms with van der Waals surface area (Å²) in [5.41, 5.74) is 2.00. The predicted octanol–water partition coefficient (Wildman–Crippen LogP) is 1.75. The van der Waals surface area contributed by atoms with Crippen LogP contribution in [0.15, 0.2) is 49.2 Å². The van der Waals surface area contributed by atoms with Crippen molar-refractivity contribution in [3.05, 3.63) is 54.7 Å². The lowest BCUT2D eigenvalue weighted by atomic mass is 9.73. The van der Waals surface area contributed by atoms with Crippen LogP contribution in [0.5, 0.6) is 0 Å². The minimum absolute atomic E-state index is 0.306. The second kappa shape index (κ2) is 5.49. The molecule has 0 aliphatic carbocycles. The van der Waals surface area contributed by atoms with E-state index in [-0.39, 0.29) is 0 Å². The topological polar surface area (TPSA) is 37.6 Å². The first kappa shape index (κ1) is 13.9. The van der Waals surface area contributed by atoms with Gasteiger partial charge in [-0.1, -0.05) is 24.3 Å². The van der Waals surface area contributed by atoms with Crippen LogP contribution in [0.4, 0.5) is 0 Å². The van der Waals surface area contributed by atoms with Crippen molar-refractivity contribution >= 4 is 10.9 Å². The molecule has 2 N–H and O–H groups in total. The molecule has 4 heterocycles. The van der Waals surface area contributed by atoms with Crippen molar-refractivity contribution in [1.82, 2.24) is 4.98 Å². The number of quaternary nitrogens is 1. The molecule has 114 valence electrons. The van der Waals surface area contributed by atoms with Crippen LogP contribution < -0.4 is 4.90 Å². The third kappa shape index (κ3) is 2.16. The van der Waals surface area contributed by atoms with Crippen LogP contribution in [-0.4, -0.2) is 29.2 Å².